The van der Waals surface area contributed by atoms with Gasteiger partial charge in [0.15, 0.2) is 5.96 Å². The molecule has 0 fully saturated rings. The largest absolute Gasteiger partial charge is 0.497 e. The van der Waals surface area contributed by atoms with Crippen molar-refractivity contribution in [3.05, 3.63) is 51.7 Å². The zero-order valence-electron chi connectivity index (χ0n) is 15.6. The van der Waals surface area contributed by atoms with Crippen LogP contribution in [0.1, 0.15) is 29.9 Å². The highest BCUT2D eigenvalue weighted by Gasteiger charge is 2.21. The van der Waals surface area contributed by atoms with Crippen LogP contribution in [0.4, 0.5) is 0 Å². The minimum absolute atomic E-state index is 0. The van der Waals surface area contributed by atoms with Crippen LogP contribution in [0.15, 0.2) is 40.7 Å². The molecule has 0 unspecified atom stereocenters. The van der Waals surface area contributed by atoms with Gasteiger partial charge in [0.25, 0.3) is 0 Å². The molecule has 0 aliphatic heterocycles. The van der Waals surface area contributed by atoms with Crippen molar-refractivity contribution in [2.24, 2.45) is 4.99 Å². The van der Waals surface area contributed by atoms with Gasteiger partial charge in [-0.15, -0.1) is 35.3 Å². The highest BCUT2D eigenvalue weighted by molar-refractivity contribution is 14.0. The summed E-state index contributed by atoms with van der Waals surface area (Å²) in [5.41, 5.74) is 2.57. The molecule has 1 aromatic heterocycles. The van der Waals surface area contributed by atoms with Crippen molar-refractivity contribution in [2.45, 2.75) is 32.7 Å². The van der Waals surface area contributed by atoms with Crippen LogP contribution in [-0.2, 0) is 12.0 Å². The molecule has 138 valence electrons. The number of hydrogen-bond donors (Lipinski definition) is 2. The van der Waals surface area contributed by atoms with Crippen LogP contribution < -0.4 is 15.4 Å². The first-order chi connectivity index (χ1) is 11.5. The zero-order chi connectivity index (χ0) is 17.6. The highest BCUT2D eigenvalue weighted by atomic mass is 127. The number of hydrogen-bond acceptors (Lipinski definition) is 3. The average molecular weight is 473 g/mol. The number of aliphatic imine (C=N–C) groups is 1. The maximum absolute atomic E-state index is 5.23. The van der Waals surface area contributed by atoms with E-state index in [1.165, 1.54) is 16.0 Å². The highest BCUT2D eigenvalue weighted by Crippen LogP contribution is 2.24. The number of nitrogens with one attached hydrogen (secondary N) is 2. The number of ether oxygens (including phenoxy) is 1. The van der Waals surface area contributed by atoms with Gasteiger partial charge in [-0.3, -0.25) is 4.99 Å². The number of rotatable bonds is 6. The molecule has 0 saturated carbocycles. The van der Waals surface area contributed by atoms with E-state index in [9.17, 15) is 0 Å². The van der Waals surface area contributed by atoms with Gasteiger partial charge in [-0.25, -0.2) is 0 Å². The van der Waals surface area contributed by atoms with E-state index in [4.69, 9.17) is 4.74 Å². The van der Waals surface area contributed by atoms with Crippen molar-refractivity contribution in [2.75, 3.05) is 20.7 Å². The van der Waals surface area contributed by atoms with Crippen molar-refractivity contribution in [1.29, 1.82) is 0 Å². The van der Waals surface area contributed by atoms with Crippen LogP contribution in [0, 0.1) is 6.92 Å². The second-order valence-corrected chi connectivity index (χ2v) is 7.42. The van der Waals surface area contributed by atoms with E-state index in [1.807, 2.05) is 12.1 Å². The van der Waals surface area contributed by atoms with Gasteiger partial charge < -0.3 is 15.4 Å². The van der Waals surface area contributed by atoms with Gasteiger partial charge in [-0.2, -0.15) is 0 Å². The van der Waals surface area contributed by atoms with Crippen molar-refractivity contribution in [1.82, 2.24) is 10.6 Å². The van der Waals surface area contributed by atoms with E-state index < -0.39 is 0 Å². The van der Waals surface area contributed by atoms with Gasteiger partial charge in [0.1, 0.15) is 5.75 Å². The lowest BCUT2D eigenvalue weighted by Crippen LogP contribution is -2.43. The second-order valence-electron chi connectivity index (χ2n) is 6.42. The molecule has 2 aromatic rings. The lowest BCUT2D eigenvalue weighted by atomic mass is 9.84. The summed E-state index contributed by atoms with van der Waals surface area (Å²) in [6, 6.07) is 10.4. The molecule has 25 heavy (non-hydrogen) atoms. The Morgan fingerprint density at radius 2 is 1.84 bits per heavy atom. The third-order valence-corrected chi connectivity index (χ3v) is 5.20. The monoisotopic (exact) mass is 473 g/mol. The fourth-order valence-corrected chi connectivity index (χ4v) is 3.26. The molecule has 4 nitrogen and oxygen atoms in total. The maximum Gasteiger partial charge on any atom is 0.191 e. The molecular formula is C19H28IN3OS. The van der Waals surface area contributed by atoms with Crippen LogP contribution in [-0.4, -0.2) is 26.7 Å². The number of methoxy groups -OCH3 is 1. The summed E-state index contributed by atoms with van der Waals surface area (Å²) < 4.78 is 5.23. The number of guanidine groups is 1. The van der Waals surface area contributed by atoms with E-state index in [0.717, 1.165) is 24.8 Å². The quantitative estimate of drug-likeness (QED) is 0.373. The lowest BCUT2D eigenvalue weighted by molar-refractivity contribution is 0.414. The summed E-state index contributed by atoms with van der Waals surface area (Å²) in [5.74, 6) is 1.70. The number of halogens is 1. The molecule has 0 saturated heterocycles. The van der Waals surface area contributed by atoms with Crippen molar-refractivity contribution < 1.29 is 4.74 Å². The summed E-state index contributed by atoms with van der Waals surface area (Å²) in [6.07, 6.45) is 0. The molecule has 1 aromatic carbocycles. The minimum atomic E-state index is -0.0112. The molecule has 0 aliphatic rings. The summed E-state index contributed by atoms with van der Waals surface area (Å²) in [5, 5.41) is 8.94. The molecule has 2 rings (SSSR count). The SMILES string of the molecule is CN=C(NCc1sccc1C)NCC(C)(C)c1ccc(OC)cc1.I. The van der Waals surface area contributed by atoms with Crippen LogP contribution in [0.2, 0.25) is 0 Å². The van der Waals surface area contributed by atoms with E-state index in [-0.39, 0.29) is 29.4 Å². The van der Waals surface area contributed by atoms with Gasteiger partial charge >= 0.3 is 0 Å². The van der Waals surface area contributed by atoms with Crippen molar-refractivity contribution in [3.63, 3.8) is 0 Å². The van der Waals surface area contributed by atoms with Gasteiger partial charge in [-0.1, -0.05) is 26.0 Å². The minimum Gasteiger partial charge on any atom is -0.497 e. The van der Waals surface area contributed by atoms with Crippen LogP contribution >= 0.6 is 35.3 Å². The van der Waals surface area contributed by atoms with Gasteiger partial charge in [0.05, 0.1) is 13.7 Å². The molecular weight excluding hydrogens is 445 g/mol. The number of aryl methyl sites for hydroxylation is 1. The second kappa shape index (κ2) is 10.0. The van der Waals surface area contributed by atoms with Crippen LogP contribution in [0.25, 0.3) is 0 Å². The Hall–Kier alpha value is -1.28. The molecule has 2 N–H and O–H groups in total. The van der Waals surface area contributed by atoms with Gasteiger partial charge in [0.2, 0.25) is 0 Å². The molecule has 6 heteroatoms. The third kappa shape index (κ3) is 6.18. The zero-order valence-corrected chi connectivity index (χ0v) is 18.7. The van der Waals surface area contributed by atoms with E-state index in [0.29, 0.717) is 0 Å². The van der Waals surface area contributed by atoms with E-state index in [1.54, 1.807) is 25.5 Å². The standard InChI is InChI=1S/C19H27N3OS.HI/c1-14-10-11-24-17(14)12-21-18(20-4)22-13-19(2,3)15-6-8-16(23-5)9-7-15;/h6-11H,12-13H2,1-5H3,(H2,20,21,22);1H. The maximum atomic E-state index is 5.23. The molecule has 0 spiro atoms. The van der Waals surface area contributed by atoms with Crippen LogP contribution in [0.3, 0.4) is 0 Å². The van der Waals surface area contributed by atoms with E-state index in [2.05, 4.69) is 60.0 Å². The fraction of sp³-hybridized carbons (Fsp3) is 0.421. The number of nitrogens with zero attached hydrogens (tertiary/aromatic N) is 1. The Labute approximate surface area is 172 Å². The summed E-state index contributed by atoms with van der Waals surface area (Å²) in [7, 11) is 3.49. The molecule has 0 bridgehead atoms. The molecule has 0 radical (unpaired) electrons. The first-order valence-corrected chi connectivity index (χ1v) is 8.96. The Kier molecular flexibility index (Phi) is 8.71. The Bertz CT molecular complexity index is 680. The van der Waals surface area contributed by atoms with E-state index >= 15 is 0 Å². The normalized spacial score (nSPS) is 11.6. The third-order valence-electron chi connectivity index (χ3n) is 4.18. The predicted octanol–water partition coefficient (Wildman–Crippen LogP) is 4.33. The summed E-state index contributed by atoms with van der Waals surface area (Å²) in [4.78, 5) is 5.66. The first-order valence-electron chi connectivity index (χ1n) is 8.08. The fourth-order valence-electron chi connectivity index (χ4n) is 2.42. The lowest BCUT2D eigenvalue weighted by Gasteiger charge is -2.27. The van der Waals surface area contributed by atoms with Gasteiger partial charge in [-0.05, 0) is 41.6 Å². The Morgan fingerprint density at radius 1 is 1.16 bits per heavy atom. The smallest absolute Gasteiger partial charge is 0.191 e. The number of thiophene rings is 1. The Morgan fingerprint density at radius 3 is 2.36 bits per heavy atom. The van der Waals surface area contributed by atoms with Gasteiger partial charge in [0, 0.05) is 23.9 Å². The van der Waals surface area contributed by atoms with Crippen molar-refractivity contribution >= 4 is 41.3 Å². The van der Waals surface area contributed by atoms with Crippen molar-refractivity contribution in [3.8, 4) is 5.75 Å². The summed E-state index contributed by atoms with van der Waals surface area (Å²) >= 11 is 1.77. The first kappa shape index (κ1) is 21.8. The molecule has 1 heterocycles. The van der Waals surface area contributed by atoms with Crippen LogP contribution in [0.5, 0.6) is 5.75 Å². The molecule has 0 amide bonds. The Balaban J connectivity index is 0.00000312. The summed E-state index contributed by atoms with van der Waals surface area (Å²) in [6.45, 7) is 8.17. The number of benzene rings is 1. The molecule has 0 atom stereocenters. The topological polar surface area (TPSA) is 45.7 Å². The predicted molar refractivity (Wildman–Crippen MR) is 119 cm³/mol. The molecule has 0 aliphatic carbocycles. The average Bonchev–Trinajstić information content (AvgIpc) is 3.00.